The largest absolute Gasteiger partial charge is 0.313 e. The first kappa shape index (κ1) is 16.1. The summed E-state index contributed by atoms with van der Waals surface area (Å²) in [4.78, 5) is 0. The van der Waals surface area contributed by atoms with E-state index in [0.717, 1.165) is 5.57 Å². The summed E-state index contributed by atoms with van der Waals surface area (Å²) in [7, 11) is 0. The molecule has 0 aromatic heterocycles. The topological polar surface area (TPSA) is 23.5 Å². The van der Waals surface area contributed by atoms with Crippen molar-refractivity contribution < 1.29 is 5.21 Å². The van der Waals surface area contributed by atoms with E-state index in [9.17, 15) is 5.21 Å². The molecule has 0 aliphatic rings. The maximum Gasteiger partial charge on any atom is 0.0628 e. The highest BCUT2D eigenvalue weighted by Crippen LogP contribution is 2.25. The van der Waals surface area contributed by atoms with E-state index in [1.165, 1.54) is 5.06 Å². The van der Waals surface area contributed by atoms with Crippen LogP contribution in [-0.4, -0.2) is 21.9 Å². The average Bonchev–Trinajstić information content (AvgIpc) is 2.16. The summed E-state index contributed by atoms with van der Waals surface area (Å²) < 4.78 is 0. The lowest BCUT2D eigenvalue weighted by atomic mass is 9.91. The number of hydroxylamine groups is 2. The van der Waals surface area contributed by atoms with Crippen molar-refractivity contribution in [1.29, 1.82) is 0 Å². The number of rotatable bonds is 5. The molecule has 2 heteroatoms. The van der Waals surface area contributed by atoms with Crippen molar-refractivity contribution in [1.82, 2.24) is 5.06 Å². The van der Waals surface area contributed by atoms with Gasteiger partial charge in [0.2, 0.25) is 0 Å². The zero-order valence-corrected chi connectivity index (χ0v) is 12.1. The Bertz CT molecular complexity index is 295. The Morgan fingerprint density at radius 2 is 1.82 bits per heavy atom. The molecule has 0 aromatic carbocycles. The summed E-state index contributed by atoms with van der Waals surface area (Å²) in [6.07, 6.45) is 7.74. The fourth-order valence-electron chi connectivity index (χ4n) is 1.81. The molecule has 17 heavy (non-hydrogen) atoms. The van der Waals surface area contributed by atoms with Gasteiger partial charge in [-0.1, -0.05) is 44.7 Å². The monoisotopic (exact) mass is 237 g/mol. The summed E-state index contributed by atoms with van der Waals surface area (Å²) in [6.45, 7) is 15.9. The fraction of sp³-hybridized carbons (Fsp3) is 0.600. The van der Waals surface area contributed by atoms with Crippen LogP contribution in [0.2, 0.25) is 0 Å². The average molecular weight is 237 g/mol. The first-order chi connectivity index (χ1) is 7.75. The Morgan fingerprint density at radius 1 is 1.29 bits per heavy atom. The number of allylic oxidation sites excluding steroid dienone is 3. The van der Waals surface area contributed by atoms with Crippen molar-refractivity contribution in [3.05, 3.63) is 36.5 Å². The summed E-state index contributed by atoms with van der Waals surface area (Å²) in [6, 6.07) is -0.0239. The van der Waals surface area contributed by atoms with E-state index in [4.69, 9.17) is 0 Å². The third-order valence-corrected chi connectivity index (χ3v) is 2.59. The Morgan fingerprint density at radius 3 is 2.12 bits per heavy atom. The fourth-order valence-corrected chi connectivity index (χ4v) is 1.81. The molecule has 0 saturated heterocycles. The Labute approximate surface area is 106 Å². The van der Waals surface area contributed by atoms with E-state index >= 15 is 0 Å². The van der Waals surface area contributed by atoms with Crippen LogP contribution in [0.15, 0.2) is 36.5 Å². The van der Waals surface area contributed by atoms with Gasteiger partial charge in [0, 0.05) is 5.54 Å². The SMILES string of the molecule is C=C/C=C(\C=C/C)C(C(C)C)N(O)C(C)(C)C. The number of nitrogens with zero attached hydrogens (tertiary/aromatic N) is 1. The van der Waals surface area contributed by atoms with Crippen molar-refractivity contribution in [3.63, 3.8) is 0 Å². The van der Waals surface area contributed by atoms with Crippen LogP contribution >= 0.6 is 0 Å². The normalized spacial score (nSPS) is 15.9. The van der Waals surface area contributed by atoms with Crippen LogP contribution < -0.4 is 0 Å². The third-order valence-electron chi connectivity index (χ3n) is 2.59. The molecular weight excluding hydrogens is 210 g/mol. The first-order valence-corrected chi connectivity index (χ1v) is 6.19. The van der Waals surface area contributed by atoms with Crippen LogP contribution in [0.5, 0.6) is 0 Å². The second kappa shape index (κ2) is 6.77. The van der Waals surface area contributed by atoms with Crippen LogP contribution in [0, 0.1) is 5.92 Å². The maximum atomic E-state index is 10.4. The molecule has 0 saturated carbocycles. The molecule has 0 aromatic rings. The molecule has 0 fully saturated rings. The van der Waals surface area contributed by atoms with E-state index < -0.39 is 0 Å². The van der Waals surface area contributed by atoms with Crippen LogP contribution in [0.4, 0.5) is 0 Å². The van der Waals surface area contributed by atoms with Gasteiger partial charge in [0.25, 0.3) is 0 Å². The van der Waals surface area contributed by atoms with E-state index in [0.29, 0.717) is 5.92 Å². The molecule has 0 heterocycles. The first-order valence-electron chi connectivity index (χ1n) is 6.19. The zero-order valence-electron chi connectivity index (χ0n) is 12.1. The molecule has 98 valence electrons. The van der Waals surface area contributed by atoms with Gasteiger partial charge in [-0.25, -0.2) is 0 Å². The molecule has 0 amide bonds. The smallest absolute Gasteiger partial charge is 0.0628 e. The minimum atomic E-state index is -0.281. The maximum absolute atomic E-state index is 10.4. The quantitative estimate of drug-likeness (QED) is 0.572. The molecule has 0 spiro atoms. The van der Waals surface area contributed by atoms with E-state index in [2.05, 4.69) is 20.4 Å². The molecule has 0 aliphatic carbocycles. The van der Waals surface area contributed by atoms with Crippen molar-refractivity contribution in [2.24, 2.45) is 5.92 Å². The van der Waals surface area contributed by atoms with E-state index in [1.807, 2.05) is 45.9 Å². The van der Waals surface area contributed by atoms with Gasteiger partial charge in [0.05, 0.1) is 6.04 Å². The minimum absolute atomic E-state index is 0.0239. The Hall–Kier alpha value is -0.860. The van der Waals surface area contributed by atoms with Crippen molar-refractivity contribution >= 4 is 0 Å². The van der Waals surface area contributed by atoms with Crippen LogP contribution in [0.25, 0.3) is 0 Å². The van der Waals surface area contributed by atoms with Gasteiger partial charge in [-0.05, 0) is 39.2 Å². The molecule has 0 radical (unpaired) electrons. The standard InChI is InChI=1S/C15H27NO/c1-8-10-13(11-9-2)14(12(3)4)16(17)15(5,6)7/h8-12,14,17H,1H2,2-7H3/b11-9-,13-10+. The summed E-state index contributed by atoms with van der Waals surface area (Å²) >= 11 is 0. The summed E-state index contributed by atoms with van der Waals surface area (Å²) in [5, 5.41) is 11.8. The van der Waals surface area contributed by atoms with E-state index in [1.54, 1.807) is 6.08 Å². The molecule has 1 unspecified atom stereocenters. The molecule has 0 aliphatic heterocycles. The lowest BCUT2D eigenvalue weighted by Crippen LogP contribution is -2.48. The summed E-state index contributed by atoms with van der Waals surface area (Å²) in [5.41, 5.74) is 0.798. The van der Waals surface area contributed by atoms with Gasteiger partial charge in [-0.2, -0.15) is 5.06 Å². The van der Waals surface area contributed by atoms with E-state index in [-0.39, 0.29) is 11.6 Å². The predicted octanol–water partition coefficient (Wildman–Crippen LogP) is 4.19. The van der Waals surface area contributed by atoms with Gasteiger partial charge < -0.3 is 5.21 Å². The second-order valence-electron chi connectivity index (χ2n) is 5.61. The van der Waals surface area contributed by atoms with Gasteiger partial charge in [0.15, 0.2) is 0 Å². The number of hydrogen-bond donors (Lipinski definition) is 1. The highest BCUT2D eigenvalue weighted by atomic mass is 16.5. The highest BCUT2D eigenvalue weighted by Gasteiger charge is 2.31. The van der Waals surface area contributed by atoms with Crippen LogP contribution in [0.3, 0.4) is 0 Å². The minimum Gasteiger partial charge on any atom is -0.313 e. The number of hydrogen-bond acceptors (Lipinski definition) is 2. The highest BCUT2D eigenvalue weighted by molar-refractivity contribution is 5.28. The Balaban J connectivity index is 5.34. The molecular formula is C15H27NO. The lowest BCUT2D eigenvalue weighted by molar-refractivity contribution is -0.186. The molecule has 0 rings (SSSR count). The molecule has 0 bridgehead atoms. The van der Waals surface area contributed by atoms with Crippen molar-refractivity contribution in [2.75, 3.05) is 0 Å². The third kappa shape index (κ3) is 4.88. The van der Waals surface area contributed by atoms with Gasteiger partial charge in [-0.15, -0.1) is 0 Å². The molecule has 1 atom stereocenters. The zero-order chi connectivity index (χ0) is 13.6. The van der Waals surface area contributed by atoms with Gasteiger partial charge >= 0.3 is 0 Å². The van der Waals surface area contributed by atoms with Gasteiger partial charge in [-0.3, -0.25) is 0 Å². The summed E-state index contributed by atoms with van der Waals surface area (Å²) in [5.74, 6) is 0.321. The Kier molecular flexibility index (Phi) is 6.43. The predicted molar refractivity (Wildman–Crippen MR) is 75.1 cm³/mol. The lowest BCUT2D eigenvalue weighted by Gasteiger charge is -2.39. The van der Waals surface area contributed by atoms with Crippen molar-refractivity contribution in [2.45, 2.75) is 53.1 Å². The van der Waals surface area contributed by atoms with Gasteiger partial charge in [0.1, 0.15) is 0 Å². The molecule has 2 nitrogen and oxygen atoms in total. The second-order valence-corrected chi connectivity index (χ2v) is 5.61. The van der Waals surface area contributed by atoms with Crippen LogP contribution in [-0.2, 0) is 0 Å². The molecule has 1 N–H and O–H groups in total. The van der Waals surface area contributed by atoms with Crippen LogP contribution in [0.1, 0.15) is 41.5 Å². The van der Waals surface area contributed by atoms with Crippen molar-refractivity contribution in [3.8, 4) is 0 Å².